The van der Waals surface area contributed by atoms with E-state index in [1.807, 2.05) is 12.1 Å². The maximum atomic E-state index is 12.2. The van der Waals surface area contributed by atoms with E-state index in [-0.39, 0.29) is 11.1 Å². The quantitative estimate of drug-likeness (QED) is 0.500. The van der Waals surface area contributed by atoms with Gasteiger partial charge in [0.1, 0.15) is 5.69 Å². The van der Waals surface area contributed by atoms with Gasteiger partial charge in [0.2, 0.25) is 0 Å². The van der Waals surface area contributed by atoms with Crippen LogP contribution in [0.3, 0.4) is 0 Å². The minimum Gasteiger partial charge on any atom is -0.397 e. The van der Waals surface area contributed by atoms with Crippen molar-refractivity contribution in [1.82, 2.24) is 9.97 Å². The highest BCUT2D eigenvalue weighted by molar-refractivity contribution is 6.32. The second-order valence-electron chi connectivity index (χ2n) is 4.29. The number of hydrogen-bond donors (Lipinski definition) is 3. The predicted octanol–water partition coefficient (Wildman–Crippen LogP) is 3.05. The van der Waals surface area contributed by atoms with Crippen LogP contribution in [-0.4, -0.2) is 15.9 Å². The third-order valence-corrected chi connectivity index (χ3v) is 3.24. The van der Waals surface area contributed by atoms with Gasteiger partial charge in [0, 0.05) is 11.6 Å². The van der Waals surface area contributed by atoms with Crippen molar-refractivity contribution in [3.8, 4) is 0 Å². The Labute approximate surface area is 119 Å². The number of H-pyrrole nitrogens is 1. The Hall–Kier alpha value is -2.53. The van der Waals surface area contributed by atoms with Gasteiger partial charge >= 0.3 is 0 Å². The molecule has 2 aromatic heterocycles. The smallest absolute Gasteiger partial charge is 0.272 e. The van der Waals surface area contributed by atoms with E-state index >= 15 is 0 Å². The SMILES string of the molecule is Nc1cccc2cc(C(=O)Nc3cccnc3Cl)[nH]c12. The first-order chi connectivity index (χ1) is 9.65. The number of aromatic nitrogens is 2. The molecule has 0 atom stereocenters. The first-order valence-electron chi connectivity index (χ1n) is 5.94. The lowest BCUT2D eigenvalue weighted by Crippen LogP contribution is -2.12. The van der Waals surface area contributed by atoms with Crippen molar-refractivity contribution in [3.63, 3.8) is 0 Å². The molecule has 3 aromatic rings. The molecule has 0 aliphatic carbocycles. The third-order valence-electron chi connectivity index (χ3n) is 2.94. The number of amides is 1. The topological polar surface area (TPSA) is 83.8 Å². The number of nitrogens with one attached hydrogen (secondary N) is 2. The average molecular weight is 287 g/mol. The van der Waals surface area contributed by atoms with Crippen LogP contribution in [0.1, 0.15) is 10.5 Å². The zero-order valence-electron chi connectivity index (χ0n) is 10.4. The van der Waals surface area contributed by atoms with Gasteiger partial charge in [-0.3, -0.25) is 4.79 Å². The standard InChI is InChI=1S/C14H11ClN4O/c15-13-10(5-2-6-17-13)19-14(20)11-7-8-3-1-4-9(16)12(8)18-11/h1-7,18H,16H2,(H,19,20). The van der Waals surface area contributed by atoms with Crippen molar-refractivity contribution < 1.29 is 4.79 Å². The molecular formula is C14H11ClN4O. The van der Waals surface area contributed by atoms with Crippen LogP contribution >= 0.6 is 11.6 Å². The number of fused-ring (bicyclic) bond motifs is 1. The van der Waals surface area contributed by atoms with E-state index in [4.69, 9.17) is 17.3 Å². The fraction of sp³-hybridized carbons (Fsp3) is 0. The summed E-state index contributed by atoms with van der Waals surface area (Å²) in [5.41, 5.74) is 8.07. The Kier molecular flexibility index (Phi) is 3.04. The lowest BCUT2D eigenvalue weighted by Gasteiger charge is -2.04. The predicted molar refractivity (Wildman–Crippen MR) is 79.9 cm³/mol. The summed E-state index contributed by atoms with van der Waals surface area (Å²) in [4.78, 5) is 19.1. The van der Waals surface area contributed by atoms with Crippen LogP contribution in [-0.2, 0) is 0 Å². The van der Waals surface area contributed by atoms with Gasteiger partial charge in [-0.05, 0) is 24.3 Å². The highest BCUT2D eigenvalue weighted by atomic mass is 35.5. The van der Waals surface area contributed by atoms with Crippen molar-refractivity contribution >= 4 is 39.8 Å². The molecule has 0 spiro atoms. The van der Waals surface area contributed by atoms with Crippen LogP contribution in [0.15, 0.2) is 42.6 Å². The average Bonchev–Trinajstić information content (AvgIpc) is 2.87. The molecule has 0 aliphatic rings. The summed E-state index contributed by atoms with van der Waals surface area (Å²) < 4.78 is 0. The van der Waals surface area contributed by atoms with Gasteiger partial charge < -0.3 is 16.0 Å². The number of nitrogens with two attached hydrogens (primary N) is 1. The lowest BCUT2D eigenvalue weighted by atomic mass is 10.2. The van der Waals surface area contributed by atoms with Crippen molar-refractivity contribution in [2.45, 2.75) is 0 Å². The molecule has 20 heavy (non-hydrogen) atoms. The van der Waals surface area contributed by atoms with E-state index in [1.54, 1.807) is 30.5 Å². The number of benzene rings is 1. The van der Waals surface area contributed by atoms with E-state index in [1.165, 1.54) is 0 Å². The second kappa shape index (κ2) is 4.86. The number of aromatic amines is 1. The monoisotopic (exact) mass is 286 g/mol. The van der Waals surface area contributed by atoms with E-state index in [0.29, 0.717) is 17.1 Å². The van der Waals surface area contributed by atoms with Crippen LogP contribution < -0.4 is 11.1 Å². The van der Waals surface area contributed by atoms with Gasteiger partial charge in [0.25, 0.3) is 5.91 Å². The van der Waals surface area contributed by atoms with Crippen molar-refractivity contribution in [2.75, 3.05) is 11.1 Å². The number of para-hydroxylation sites is 1. The number of pyridine rings is 1. The van der Waals surface area contributed by atoms with Crippen molar-refractivity contribution in [3.05, 3.63) is 53.4 Å². The Balaban J connectivity index is 1.93. The van der Waals surface area contributed by atoms with E-state index < -0.39 is 0 Å². The molecule has 0 saturated carbocycles. The maximum Gasteiger partial charge on any atom is 0.272 e. The normalized spacial score (nSPS) is 10.7. The van der Waals surface area contributed by atoms with Crippen LogP contribution in [0.25, 0.3) is 10.9 Å². The number of rotatable bonds is 2. The molecule has 100 valence electrons. The Bertz CT molecular complexity index is 797. The van der Waals surface area contributed by atoms with Gasteiger partial charge in [-0.1, -0.05) is 23.7 Å². The second-order valence-corrected chi connectivity index (χ2v) is 4.65. The molecule has 6 heteroatoms. The fourth-order valence-electron chi connectivity index (χ4n) is 1.97. The number of nitrogen functional groups attached to an aromatic ring is 1. The third kappa shape index (κ3) is 2.19. The molecular weight excluding hydrogens is 276 g/mol. The minimum atomic E-state index is -0.296. The van der Waals surface area contributed by atoms with Gasteiger partial charge in [-0.2, -0.15) is 0 Å². The molecule has 1 amide bonds. The number of carbonyl (C=O) groups excluding carboxylic acids is 1. The summed E-state index contributed by atoms with van der Waals surface area (Å²) in [6, 6.07) is 10.6. The van der Waals surface area contributed by atoms with Crippen LogP contribution in [0, 0.1) is 0 Å². The fourth-order valence-corrected chi connectivity index (χ4v) is 2.14. The lowest BCUT2D eigenvalue weighted by molar-refractivity contribution is 0.102. The molecule has 1 aromatic carbocycles. The zero-order valence-corrected chi connectivity index (χ0v) is 11.1. The van der Waals surface area contributed by atoms with E-state index in [2.05, 4.69) is 15.3 Å². The summed E-state index contributed by atoms with van der Waals surface area (Å²) in [5.74, 6) is -0.296. The summed E-state index contributed by atoms with van der Waals surface area (Å²) in [5, 5.41) is 3.83. The molecule has 0 saturated heterocycles. The summed E-state index contributed by atoms with van der Waals surface area (Å²) in [6.45, 7) is 0. The Morgan fingerprint density at radius 2 is 2.15 bits per heavy atom. The number of carbonyl (C=O) groups is 1. The highest BCUT2D eigenvalue weighted by Crippen LogP contribution is 2.23. The largest absolute Gasteiger partial charge is 0.397 e. The molecule has 0 radical (unpaired) electrons. The molecule has 0 bridgehead atoms. The van der Waals surface area contributed by atoms with Gasteiger partial charge in [0.05, 0.1) is 16.9 Å². The van der Waals surface area contributed by atoms with E-state index in [0.717, 1.165) is 10.9 Å². The number of hydrogen-bond acceptors (Lipinski definition) is 3. The molecule has 5 nitrogen and oxygen atoms in total. The van der Waals surface area contributed by atoms with Crippen LogP contribution in [0.2, 0.25) is 5.15 Å². The first-order valence-corrected chi connectivity index (χ1v) is 6.32. The van der Waals surface area contributed by atoms with Crippen LogP contribution in [0.4, 0.5) is 11.4 Å². The molecule has 2 heterocycles. The van der Waals surface area contributed by atoms with Crippen LogP contribution in [0.5, 0.6) is 0 Å². The highest BCUT2D eigenvalue weighted by Gasteiger charge is 2.12. The Morgan fingerprint density at radius 3 is 2.90 bits per heavy atom. The summed E-state index contributed by atoms with van der Waals surface area (Å²) >= 11 is 5.90. The van der Waals surface area contributed by atoms with Gasteiger partial charge in [-0.15, -0.1) is 0 Å². The van der Waals surface area contributed by atoms with Gasteiger partial charge in [0.15, 0.2) is 5.15 Å². The zero-order chi connectivity index (χ0) is 14.1. The Morgan fingerprint density at radius 1 is 1.30 bits per heavy atom. The number of halogens is 1. The summed E-state index contributed by atoms with van der Waals surface area (Å²) in [6.07, 6.45) is 1.56. The maximum absolute atomic E-state index is 12.2. The summed E-state index contributed by atoms with van der Waals surface area (Å²) in [7, 11) is 0. The van der Waals surface area contributed by atoms with Gasteiger partial charge in [-0.25, -0.2) is 4.98 Å². The van der Waals surface area contributed by atoms with E-state index in [9.17, 15) is 4.79 Å². The number of nitrogens with zero attached hydrogens (tertiary/aromatic N) is 1. The molecule has 0 fully saturated rings. The van der Waals surface area contributed by atoms with Crippen molar-refractivity contribution in [1.29, 1.82) is 0 Å². The molecule has 0 unspecified atom stereocenters. The first kappa shape index (κ1) is 12.5. The molecule has 0 aliphatic heterocycles. The van der Waals surface area contributed by atoms with Crippen molar-refractivity contribution in [2.24, 2.45) is 0 Å². The number of anilines is 2. The minimum absolute atomic E-state index is 0.247. The molecule has 3 rings (SSSR count). The molecule has 4 N–H and O–H groups in total.